The van der Waals surface area contributed by atoms with E-state index in [1.807, 2.05) is 42.2 Å². The SMILES string of the molecule is CCCN1CCN(C(=O)c2ncccc2O)CC(Cc2ccccc2-c2ccccc2)C1=O. The van der Waals surface area contributed by atoms with Crippen LogP contribution in [0.4, 0.5) is 0 Å². The second-order valence-corrected chi connectivity index (χ2v) is 8.37. The van der Waals surface area contributed by atoms with Gasteiger partial charge in [0.1, 0.15) is 5.75 Å². The first-order chi connectivity index (χ1) is 16.1. The molecule has 1 N–H and O–H groups in total. The Bertz CT molecular complexity index is 1120. The lowest BCUT2D eigenvalue weighted by molar-refractivity contribution is -0.134. The molecule has 6 heteroatoms. The van der Waals surface area contributed by atoms with Crippen LogP contribution in [0.5, 0.6) is 5.75 Å². The predicted octanol–water partition coefficient (Wildman–Crippen LogP) is 4.01. The van der Waals surface area contributed by atoms with Gasteiger partial charge in [-0.1, -0.05) is 61.5 Å². The molecule has 1 unspecified atom stereocenters. The van der Waals surface area contributed by atoms with Crippen molar-refractivity contribution in [2.24, 2.45) is 5.92 Å². The van der Waals surface area contributed by atoms with E-state index in [4.69, 9.17) is 0 Å². The van der Waals surface area contributed by atoms with E-state index in [1.54, 1.807) is 11.0 Å². The highest BCUT2D eigenvalue weighted by molar-refractivity contribution is 5.95. The van der Waals surface area contributed by atoms with E-state index in [9.17, 15) is 14.7 Å². The van der Waals surface area contributed by atoms with Gasteiger partial charge in [0.15, 0.2) is 5.69 Å². The maximum Gasteiger partial charge on any atom is 0.276 e. The van der Waals surface area contributed by atoms with Gasteiger partial charge in [0.05, 0.1) is 5.92 Å². The fraction of sp³-hybridized carbons (Fsp3) is 0.296. The number of pyridine rings is 1. The molecule has 33 heavy (non-hydrogen) atoms. The van der Waals surface area contributed by atoms with Crippen LogP contribution in [0.3, 0.4) is 0 Å². The molecule has 6 nitrogen and oxygen atoms in total. The van der Waals surface area contributed by atoms with Crippen LogP contribution in [0.1, 0.15) is 29.4 Å². The summed E-state index contributed by atoms with van der Waals surface area (Å²) in [5.74, 6) is -0.797. The standard InChI is InChI=1S/C27H29N3O3/c1-2-15-29-16-17-30(27(33)25-24(31)13-8-14-28-25)19-22(26(29)32)18-21-11-6-7-12-23(21)20-9-4-3-5-10-20/h3-14,22,31H,2,15-19H2,1H3. The van der Waals surface area contributed by atoms with Crippen LogP contribution >= 0.6 is 0 Å². The molecule has 0 bridgehead atoms. The van der Waals surface area contributed by atoms with Crippen LogP contribution in [0, 0.1) is 5.92 Å². The highest BCUT2D eigenvalue weighted by atomic mass is 16.3. The molecular weight excluding hydrogens is 414 g/mol. The Morgan fingerprint density at radius 1 is 1.03 bits per heavy atom. The largest absolute Gasteiger partial charge is 0.505 e. The molecule has 0 radical (unpaired) electrons. The highest BCUT2D eigenvalue weighted by Crippen LogP contribution is 2.28. The maximum absolute atomic E-state index is 13.5. The zero-order valence-corrected chi connectivity index (χ0v) is 18.9. The van der Waals surface area contributed by atoms with E-state index in [1.165, 1.54) is 12.3 Å². The van der Waals surface area contributed by atoms with Gasteiger partial charge in [-0.3, -0.25) is 9.59 Å². The fourth-order valence-electron chi connectivity index (χ4n) is 4.45. The molecule has 0 aliphatic carbocycles. The van der Waals surface area contributed by atoms with Gasteiger partial charge in [-0.05, 0) is 41.7 Å². The Labute approximate surface area is 194 Å². The molecule has 0 saturated carbocycles. The zero-order chi connectivity index (χ0) is 23.2. The number of carbonyl (C=O) groups is 2. The van der Waals surface area contributed by atoms with Crippen LogP contribution in [0.25, 0.3) is 11.1 Å². The minimum absolute atomic E-state index is 0.0253. The number of hydrogen-bond acceptors (Lipinski definition) is 4. The monoisotopic (exact) mass is 443 g/mol. The number of aromatic nitrogens is 1. The van der Waals surface area contributed by atoms with Crippen molar-refractivity contribution in [2.75, 3.05) is 26.2 Å². The summed E-state index contributed by atoms with van der Waals surface area (Å²) >= 11 is 0. The third kappa shape index (κ3) is 5.06. The lowest BCUT2D eigenvalue weighted by atomic mass is 9.91. The zero-order valence-electron chi connectivity index (χ0n) is 18.9. The molecule has 1 fully saturated rings. The van der Waals surface area contributed by atoms with E-state index in [2.05, 4.69) is 29.2 Å². The molecule has 1 aliphatic heterocycles. The van der Waals surface area contributed by atoms with Crippen LogP contribution in [-0.4, -0.2) is 57.9 Å². The Hall–Kier alpha value is -3.67. The number of rotatable bonds is 6. The number of carbonyl (C=O) groups excluding carboxylic acids is 2. The molecule has 1 aliphatic rings. The second-order valence-electron chi connectivity index (χ2n) is 8.37. The molecule has 3 aromatic rings. The van der Waals surface area contributed by atoms with E-state index >= 15 is 0 Å². The van der Waals surface area contributed by atoms with Crippen LogP contribution in [0.15, 0.2) is 72.9 Å². The molecule has 2 amide bonds. The lowest BCUT2D eigenvalue weighted by Gasteiger charge is -2.24. The van der Waals surface area contributed by atoms with E-state index in [0.29, 0.717) is 26.1 Å². The van der Waals surface area contributed by atoms with Crippen LogP contribution < -0.4 is 0 Å². The number of benzene rings is 2. The summed E-state index contributed by atoms with van der Waals surface area (Å²) in [5, 5.41) is 10.1. The van der Waals surface area contributed by atoms with E-state index < -0.39 is 0 Å². The van der Waals surface area contributed by atoms with Crippen molar-refractivity contribution in [1.29, 1.82) is 0 Å². The van der Waals surface area contributed by atoms with Crippen molar-refractivity contribution in [2.45, 2.75) is 19.8 Å². The Morgan fingerprint density at radius 2 is 1.79 bits per heavy atom. The smallest absolute Gasteiger partial charge is 0.276 e. The van der Waals surface area contributed by atoms with Gasteiger partial charge in [0, 0.05) is 32.4 Å². The summed E-state index contributed by atoms with van der Waals surface area (Å²) in [6.45, 7) is 3.89. The second kappa shape index (κ2) is 10.3. The van der Waals surface area contributed by atoms with Gasteiger partial charge in [0.25, 0.3) is 5.91 Å². The van der Waals surface area contributed by atoms with Gasteiger partial charge in [-0.15, -0.1) is 0 Å². The predicted molar refractivity (Wildman–Crippen MR) is 128 cm³/mol. The summed E-state index contributed by atoms with van der Waals surface area (Å²) < 4.78 is 0. The van der Waals surface area contributed by atoms with Crippen molar-refractivity contribution in [3.63, 3.8) is 0 Å². The molecule has 2 aromatic carbocycles. The lowest BCUT2D eigenvalue weighted by Crippen LogP contribution is -2.38. The molecule has 2 heterocycles. The Balaban J connectivity index is 1.65. The van der Waals surface area contributed by atoms with Crippen molar-refractivity contribution in [1.82, 2.24) is 14.8 Å². The number of nitrogens with zero attached hydrogens (tertiary/aromatic N) is 3. The van der Waals surface area contributed by atoms with Crippen molar-refractivity contribution >= 4 is 11.8 Å². The highest BCUT2D eigenvalue weighted by Gasteiger charge is 2.33. The van der Waals surface area contributed by atoms with Gasteiger partial charge in [-0.2, -0.15) is 0 Å². The number of aromatic hydroxyl groups is 1. The molecule has 1 atom stereocenters. The summed E-state index contributed by atoms with van der Waals surface area (Å²) in [5.41, 5.74) is 3.30. The first-order valence-electron chi connectivity index (χ1n) is 11.4. The van der Waals surface area contributed by atoms with Crippen molar-refractivity contribution in [3.8, 4) is 16.9 Å². The minimum Gasteiger partial charge on any atom is -0.505 e. The molecule has 4 rings (SSSR count). The van der Waals surface area contributed by atoms with Crippen molar-refractivity contribution in [3.05, 3.63) is 84.2 Å². The molecule has 170 valence electrons. The summed E-state index contributed by atoms with van der Waals surface area (Å²) in [6, 6.07) is 21.3. The van der Waals surface area contributed by atoms with E-state index in [0.717, 1.165) is 23.1 Å². The summed E-state index contributed by atoms with van der Waals surface area (Å²) in [6.07, 6.45) is 2.88. The average Bonchev–Trinajstić information content (AvgIpc) is 2.99. The van der Waals surface area contributed by atoms with Crippen LogP contribution in [-0.2, 0) is 11.2 Å². The maximum atomic E-state index is 13.5. The first kappa shape index (κ1) is 22.5. The van der Waals surface area contributed by atoms with E-state index in [-0.39, 0.29) is 35.7 Å². The van der Waals surface area contributed by atoms with Gasteiger partial charge in [-0.25, -0.2) is 4.98 Å². The summed E-state index contributed by atoms with van der Waals surface area (Å²) in [7, 11) is 0. The number of amides is 2. The average molecular weight is 444 g/mol. The van der Waals surface area contributed by atoms with Gasteiger partial charge < -0.3 is 14.9 Å². The third-order valence-electron chi connectivity index (χ3n) is 6.08. The molecule has 0 spiro atoms. The Morgan fingerprint density at radius 3 is 2.55 bits per heavy atom. The third-order valence-corrected chi connectivity index (χ3v) is 6.08. The topological polar surface area (TPSA) is 73.7 Å². The van der Waals surface area contributed by atoms with Crippen LogP contribution in [0.2, 0.25) is 0 Å². The molecular formula is C27H29N3O3. The summed E-state index contributed by atoms with van der Waals surface area (Å²) in [4.78, 5) is 34.3. The normalized spacial score (nSPS) is 16.5. The van der Waals surface area contributed by atoms with Gasteiger partial charge >= 0.3 is 0 Å². The quantitative estimate of drug-likeness (QED) is 0.625. The van der Waals surface area contributed by atoms with Crippen molar-refractivity contribution < 1.29 is 14.7 Å². The molecule has 1 aromatic heterocycles. The Kier molecular flexibility index (Phi) is 7.03. The van der Waals surface area contributed by atoms with Gasteiger partial charge in [0.2, 0.25) is 5.91 Å². The molecule has 1 saturated heterocycles. The fourth-order valence-corrected chi connectivity index (χ4v) is 4.45. The first-order valence-corrected chi connectivity index (χ1v) is 11.4. The minimum atomic E-state index is -0.376. The number of hydrogen-bond donors (Lipinski definition) is 1.